The van der Waals surface area contributed by atoms with Crippen LogP contribution in [0.1, 0.15) is 29.6 Å². The number of fused-ring (bicyclic) bond motifs is 1. The highest BCUT2D eigenvalue weighted by Gasteiger charge is 2.25. The Bertz CT molecular complexity index is 1310. The van der Waals surface area contributed by atoms with E-state index in [-0.39, 0.29) is 17.7 Å². The third-order valence-corrected chi connectivity index (χ3v) is 6.09. The number of nitrogens with one attached hydrogen (secondary N) is 3. The molecule has 1 aromatic heterocycles. The second kappa shape index (κ2) is 8.48. The summed E-state index contributed by atoms with van der Waals surface area (Å²) in [5, 5.41) is 6.26. The second-order valence-corrected chi connectivity index (χ2v) is 8.35. The van der Waals surface area contributed by atoms with Crippen molar-refractivity contribution in [3.8, 4) is 11.4 Å². The fourth-order valence-electron chi connectivity index (χ4n) is 3.69. The van der Waals surface area contributed by atoms with E-state index in [0.717, 1.165) is 41.5 Å². The van der Waals surface area contributed by atoms with Crippen LogP contribution in [0.4, 0.5) is 11.4 Å². The van der Waals surface area contributed by atoms with Gasteiger partial charge < -0.3 is 15.6 Å². The lowest BCUT2D eigenvalue weighted by atomic mass is 9.85. The highest BCUT2D eigenvalue weighted by atomic mass is 35.5. The van der Waals surface area contributed by atoms with Gasteiger partial charge >= 0.3 is 0 Å². The molecule has 1 aliphatic rings. The normalized spacial score (nSPS) is 13.5. The largest absolute Gasteiger partial charge is 0.338 e. The zero-order valence-electron chi connectivity index (χ0n) is 17.2. The Hall–Kier alpha value is -3.64. The Balaban J connectivity index is 1.31. The molecule has 7 heteroatoms. The molecule has 1 heterocycles. The molecule has 1 fully saturated rings. The van der Waals surface area contributed by atoms with Crippen molar-refractivity contribution in [2.45, 2.75) is 19.3 Å². The van der Waals surface area contributed by atoms with Gasteiger partial charge in [0.2, 0.25) is 5.91 Å². The zero-order chi connectivity index (χ0) is 22.1. The number of nitrogens with zero attached hydrogens (tertiary/aromatic N) is 1. The summed E-state index contributed by atoms with van der Waals surface area (Å²) in [6.07, 6.45) is 3.07. The molecule has 0 atom stereocenters. The number of amides is 2. The quantitative estimate of drug-likeness (QED) is 0.359. The van der Waals surface area contributed by atoms with Crippen molar-refractivity contribution >= 4 is 45.8 Å². The molecule has 5 rings (SSSR count). The fourth-order valence-corrected chi connectivity index (χ4v) is 3.92. The number of anilines is 2. The third kappa shape index (κ3) is 4.09. The van der Waals surface area contributed by atoms with Crippen LogP contribution in [-0.4, -0.2) is 21.8 Å². The number of H-pyrrole nitrogens is 1. The zero-order valence-corrected chi connectivity index (χ0v) is 17.9. The van der Waals surface area contributed by atoms with Gasteiger partial charge in [0.15, 0.2) is 0 Å². The summed E-state index contributed by atoms with van der Waals surface area (Å²) >= 11 is 6.10. The predicted molar refractivity (Wildman–Crippen MR) is 127 cm³/mol. The van der Waals surface area contributed by atoms with Gasteiger partial charge in [-0.15, -0.1) is 0 Å². The maximum absolute atomic E-state index is 12.4. The van der Waals surface area contributed by atoms with Crippen molar-refractivity contribution in [2.75, 3.05) is 10.6 Å². The molecule has 0 radical (unpaired) electrons. The molecular formula is C25H21ClN4O2. The molecular weight excluding hydrogens is 424 g/mol. The van der Waals surface area contributed by atoms with Crippen molar-refractivity contribution in [3.63, 3.8) is 0 Å². The van der Waals surface area contributed by atoms with E-state index in [1.54, 1.807) is 24.3 Å². The van der Waals surface area contributed by atoms with Crippen LogP contribution < -0.4 is 10.6 Å². The molecule has 0 spiro atoms. The Morgan fingerprint density at radius 2 is 1.69 bits per heavy atom. The van der Waals surface area contributed by atoms with Crippen molar-refractivity contribution < 1.29 is 9.59 Å². The van der Waals surface area contributed by atoms with Crippen LogP contribution in [0.3, 0.4) is 0 Å². The number of aromatic nitrogens is 2. The van der Waals surface area contributed by atoms with Crippen LogP contribution in [0.25, 0.3) is 22.4 Å². The van der Waals surface area contributed by atoms with Gasteiger partial charge in [-0.2, -0.15) is 0 Å². The Labute approximate surface area is 190 Å². The van der Waals surface area contributed by atoms with E-state index >= 15 is 0 Å². The topological polar surface area (TPSA) is 86.9 Å². The van der Waals surface area contributed by atoms with Gasteiger partial charge in [0.1, 0.15) is 5.82 Å². The molecule has 1 saturated carbocycles. The van der Waals surface area contributed by atoms with Gasteiger partial charge in [-0.05, 0) is 67.4 Å². The van der Waals surface area contributed by atoms with Crippen LogP contribution in [-0.2, 0) is 4.79 Å². The molecule has 0 saturated heterocycles. The SMILES string of the molecule is O=C(Nc1ccc(-c2nc3ccc(NC(=O)C4CCC4)cc3[nH]2)cc1)c1ccccc1Cl. The van der Waals surface area contributed by atoms with E-state index in [1.165, 1.54) is 0 Å². The van der Waals surface area contributed by atoms with E-state index in [0.29, 0.717) is 22.1 Å². The lowest BCUT2D eigenvalue weighted by Gasteiger charge is -2.23. The molecule has 3 N–H and O–H groups in total. The minimum absolute atomic E-state index is 0.0877. The molecule has 2 amide bonds. The maximum Gasteiger partial charge on any atom is 0.257 e. The first-order chi connectivity index (χ1) is 15.6. The van der Waals surface area contributed by atoms with Gasteiger partial charge in [-0.25, -0.2) is 4.98 Å². The number of benzene rings is 3. The summed E-state index contributed by atoms with van der Waals surface area (Å²) in [6.45, 7) is 0. The minimum atomic E-state index is -0.261. The average Bonchev–Trinajstić information content (AvgIpc) is 3.16. The number of halogens is 1. The highest BCUT2D eigenvalue weighted by molar-refractivity contribution is 6.34. The number of aromatic amines is 1. The minimum Gasteiger partial charge on any atom is -0.338 e. The van der Waals surface area contributed by atoms with Gasteiger partial charge in [-0.1, -0.05) is 30.2 Å². The van der Waals surface area contributed by atoms with Crippen LogP contribution in [0.2, 0.25) is 5.02 Å². The lowest BCUT2D eigenvalue weighted by molar-refractivity contribution is -0.122. The molecule has 0 unspecified atom stereocenters. The van der Waals surface area contributed by atoms with Crippen LogP contribution in [0, 0.1) is 5.92 Å². The number of carbonyl (C=O) groups excluding carboxylic acids is 2. The summed E-state index contributed by atoms with van der Waals surface area (Å²) in [4.78, 5) is 32.6. The molecule has 0 bridgehead atoms. The Morgan fingerprint density at radius 1 is 0.938 bits per heavy atom. The molecule has 6 nitrogen and oxygen atoms in total. The molecule has 160 valence electrons. The Morgan fingerprint density at radius 3 is 2.41 bits per heavy atom. The van der Waals surface area contributed by atoms with E-state index in [4.69, 9.17) is 11.6 Å². The van der Waals surface area contributed by atoms with Gasteiger partial charge in [0, 0.05) is 22.9 Å². The number of hydrogen-bond acceptors (Lipinski definition) is 3. The van der Waals surface area contributed by atoms with Crippen molar-refractivity contribution in [1.29, 1.82) is 0 Å². The second-order valence-electron chi connectivity index (χ2n) is 7.95. The smallest absolute Gasteiger partial charge is 0.257 e. The fraction of sp³-hybridized carbons (Fsp3) is 0.160. The van der Waals surface area contributed by atoms with Crippen LogP contribution in [0.5, 0.6) is 0 Å². The van der Waals surface area contributed by atoms with Gasteiger partial charge in [0.25, 0.3) is 5.91 Å². The van der Waals surface area contributed by atoms with E-state index in [9.17, 15) is 9.59 Å². The standard InChI is InChI=1S/C25H21ClN4O2/c26-20-7-2-1-6-19(20)25(32)27-17-10-8-15(9-11-17)23-29-21-13-12-18(14-22(21)30-23)28-24(31)16-4-3-5-16/h1-2,6-14,16H,3-5H2,(H,27,32)(H,28,31)(H,29,30). The first-order valence-electron chi connectivity index (χ1n) is 10.5. The summed E-state index contributed by atoms with van der Waals surface area (Å²) in [7, 11) is 0. The van der Waals surface area contributed by atoms with Crippen LogP contribution >= 0.6 is 11.6 Å². The van der Waals surface area contributed by atoms with E-state index < -0.39 is 0 Å². The summed E-state index contributed by atoms with van der Waals surface area (Å²) in [5.74, 6) is 0.680. The van der Waals surface area contributed by atoms with Gasteiger partial charge in [-0.3, -0.25) is 9.59 Å². The first-order valence-corrected chi connectivity index (χ1v) is 10.9. The average molecular weight is 445 g/mol. The predicted octanol–water partition coefficient (Wildman–Crippen LogP) is 5.87. The summed E-state index contributed by atoms with van der Waals surface area (Å²) in [6, 6.07) is 20.0. The summed E-state index contributed by atoms with van der Waals surface area (Å²) in [5.41, 5.74) is 4.41. The Kier molecular flexibility index (Phi) is 5.37. The molecule has 1 aliphatic carbocycles. The number of rotatable bonds is 5. The maximum atomic E-state index is 12.4. The summed E-state index contributed by atoms with van der Waals surface area (Å²) < 4.78 is 0. The monoisotopic (exact) mass is 444 g/mol. The van der Waals surface area contributed by atoms with Crippen LogP contribution in [0.15, 0.2) is 66.7 Å². The number of carbonyl (C=O) groups is 2. The lowest BCUT2D eigenvalue weighted by Crippen LogP contribution is -2.27. The third-order valence-electron chi connectivity index (χ3n) is 5.76. The molecule has 32 heavy (non-hydrogen) atoms. The molecule has 3 aromatic carbocycles. The highest BCUT2D eigenvalue weighted by Crippen LogP contribution is 2.29. The van der Waals surface area contributed by atoms with Gasteiger partial charge in [0.05, 0.1) is 21.6 Å². The van der Waals surface area contributed by atoms with Crippen molar-refractivity contribution in [2.24, 2.45) is 5.92 Å². The number of imidazole rings is 1. The van der Waals surface area contributed by atoms with Crippen molar-refractivity contribution in [1.82, 2.24) is 9.97 Å². The van der Waals surface area contributed by atoms with E-state index in [2.05, 4.69) is 20.6 Å². The molecule has 4 aromatic rings. The van der Waals surface area contributed by atoms with E-state index in [1.807, 2.05) is 42.5 Å². The molecule has 0 aliphatic heterocycles. The van der Waals surface area contributed by atoms with Crippen molar-refractivity contribution in [3.05, 3.63) is 77.3 Å². The number of hydrogen-bond donors (Lipinski definition) is 3. The first kappa shape index (κ1) is 20.3.